The third-order valence-corrected chi connectivity index (χ3v) is 7.63. The van der Waals surface area contributed by atoms with Crippen LogP contribution in [0.3, 0.4) is 0 Å². The molecule has 2 aromatic heterocycles. The SMILES string of the molecule is Nc1nc(C(N=O)C(=O)NC2C(=O)N3C(C(=O)O)=C(SCc4ccncc4)CCC23)c(Cl)s1. The number of allylic oxidation sites excluding steroid dienone is 1. The highest BCUT2D eigenvalue weighted by Gasteiger charge is 2.54. The average molecular weight is 509 g/mol. The normalized spacial score (nSPS) is 20.6. The van der Waals surface area contributed by atoms with Gasteiger partial charge in [0.1, 0.15) is 21.8 Å². The standard InChI is InChI=1S/C19H17ClN6O5S2/c20-15-12(24-19(21)33-15)13(25-31)16(27)23-11-9-1-2-10(14(18(29)30)26(9)17(11)28)32-7-8-3-5-22-6-4-8/h3-6,9,11,13H,1-2,7H2,(H2,21,24)(H,23,27)(H,29,30). The van der Waals surface area contributed by atoms with Crippen molar-refractivity contribution in [2.24, 2.45) is 5.18 Å². The van der Waals surface area contributed by atoms with E-state index in [4.69, 9.17) is 17.3 Å². The Labute approximate surface area is 200 Å². The number of nitrogens with zero attached hydrogens (tertiary/aromatic N) is 4. The molecule has 14 heteroatoms. The number of hydrogen-bond acceptors (Lipinski definition) is 10. The van der Waals surface area contributed by atoms with Crippen LogP contribution in [-0.2, 0) is 20.1 Å². The molecular weight excluding hydrogens is 492 g/mol. The molecule has 11 nitrogen and oxygen atoms in total. The lowest BCUT2D eigenvalue weighted by molar-refractivity contribution is -0.156. The Hall–Kier alpha value is -3.03. The quantitative estimate of drug-likeness (QED) is 0.357. The first kappa shape index (κ1) is 23.1. The van der Waals surface area contributed by atoms with Crippen molar-refractivity contribution in [1.82, 2.24) is 20.2 Å². The lowest BCUT2D eigenvalue weighted by Crippen LogP contribution is -2.71. The predicted octanol–water partition coefficient (Wildman–Crippen LogP) is 2.30. The number of carbonyl (C=O) groups excluding carboxylic acids is 2. The summed E-state index contributed by atoms with van der Waals surface area (Å²) >= 11 is 8.22. The first-order valence-corrected chi connectivity index (χ1v) is 11.9. The number of pyridine rings is 1. The van der Waals surface area contributed by atoms with Crippen molar-refractivity contribution in [3.63, 3.8) is 0 Å². The second kappa shape index (κ2) is 9.45. The van der Waals surface area contributed by atoms with E-state index in [-0.39, 0.29) is 20.9 Å². The van der Waals surface area contributed by atoms with Gasteiger partial charge < -0.3 is 16.2 Å². The number of halogens is 1. The van der Waals surface area contributed by atoms with E-state index in [1.165, 1.54) is 16.7 Å². The molecule has 4 N–H and O–H groups in total. The van der Waals surface area contributed by atoms with E-state index >= 15 is 0 Å². The summed E-state index contributed by atoms with van der Waals surface area (Å²) in [6, 6.07) is 0.579. The molecule has 3 atom stereocenters. The van der Waals surface area contributed by atoms with Gasteiger partial charge in [-0.2, -0.15) is 0 Å². The van der Waals surface area contributed by atoms with Gasteiger partial charge in [-0.1, -0.05) is 22.9 Å². The Morgan fingerprint density at radius 1 is 1.42 bits per heavy atom. The summed E-state index contributed by atoms with van der Waals surface area (Å²) in [7, 11) is 0. The van der Waals surface area contributed by atoms with E-state index in [1.807, 2.05) is 12.1 Å². The molecule has 0 spiro atoms. The van der Waals surface area contributed by atoms with Gasteiger partial charge in [0.05, 0.1) is 6.04 Å². The summed E-state index contributed by atoms with van der Waals surface area (Å²) in [5.41, 5.74) is 6.37. The van der Waals surface area contributed by atoms with Gasteiger partial charge in [-0.25, -0.2) is 9.78 Å². The van der Waals surface area contributed by atoms with Crippen LogP contribution in [-0.4, -0.2) is 49.8 Å². The number of amides is 2. The molecule has 172 valence electrons. The lowest BCUT2D eigenvalue weighted by atomic mass is 9.86. The topological polar surface area (TPSA) is 168 Å². The molecule has 0 aromatic carbocycles. The first-order chi connectivity index (χ1) is 15.8. The fourth-order valence-corrected chi connectivity index (χ4v) is 5.86. The fraction of sp³-hybridized carbons (Fsp3) is 0.316. The lowest BCUT2D eigenvalue weighted by Gasteiger charge is -2.50. The van der Waals surface area contributed by atoms with Gasteiger partial charge in [0.15, 0.2) is 5.13 Å². The Bertz CT molecular complexity index is 1160. The number of nitrogens with two attached hydrogens (primary N) is 1. The summed E-state index contributed by atoms with van der Waals surface area (Å²) in [6.07, 6.45) is 4.19. The zero-order valence-corrected chi connectivity index (χ0v) is 19.2. The molecule has 4 rings (SSSR count). The number of anilines is 1. The van der Waals surface area contributed by atoms with Crippen molar-refractivity contribution in [2.75, 3.05) is 5.73 Å². The molecule has 2 aliphatic rings. The third-order valence-electron chi connectivity index (χ3n) is 5.29. The Morgan fingerprint density at radius 2 is 2.15 bits per heavy atom. The molecule has 33 heavy (non-hydrogen) atoms. The Morgan fingerprint density at radius 3 is 2.76 bits per heavy atom. The van der Waals surface area contributed by atoms with Crippen molar-refractivity contribution in [3.05, 3.63) is 55.6 Å². The maximum atomic E-state index is 12.8. The number of carboxylic acids is 1. The zero-order chi connectivity index (χ0) is 23.7. The van der Waals surface area contributed by atoms with E-state index < -0.39 is 35.9 Å². The second-order valence-electron chi connectivity index (χ2n) is 7.24. The summed E-state index contributed by atoms with van der Waals surface area (Å²) in [6.45, 7) is 0. The van der Waals surface area contributed by atoms with E-state index in [0.717, 1.165) is 16.9 Å². The van der Waals surface area contributed by atoms with Gasteiger partial charge in [-0.05, 0) is 35.7 Å². The van der Waals surface area contributed by atoms with Gasteiger partial charge in [-0.15, -0.1) is 16.7 Å². The summed E-state index contributed by atoms with van der Waals surface area (Å²) in [5.74, 6) is -2.10. The zero-order valence-electron chi connectivity index (χ0n) is 16.8. The van der Waals surface area contributed by atoms with E-state index in [2.05, 4.69) is 20.5 Å². The number of thioether (sulfide) groups is 1. The molecule has 1 saturated heterocycles. The van der Waals surface area contributed by atoms with E-state index in [1.54, 1.807) is 12.4 Å². The van der Waals surface area contributed by atoms with Crippen LogP contribution in [0.25, 0.3) is 0 Å². The molecule has 2 amide bonds. The van der Waals surface area contributed by atoms with Gasteiger partial charge in [0.2, 0.25) is 6.04 Å². The van der Waals surface area contributed by atoms with E-state index in [0.29, 0.717) is 23.5 Å². The molecular formula is C19H17ClN6O5S2. The summed E-state index contributed by atoms with van der Waals surface area (Å²) in [5, 5.41) is 15.1. The first-order valence-electron chi connectivity index (χ1n) is 9.67. The number of thiazole rings is 1. The minimum atomic E-state index is -1.57. The molecule has 0 saturated carbocycles. The predicted molar refractivity (Wildman–Crippen MR) is 122 cm³/mol. The third kappa shape index (κ3) is 4.43. The van der Waals surface area contributed by atoms with Crippen molar-refractivity contribution in [3.8, 4) is 0 Å². The van der Waals surface area contributed by atoms with Gasteiger partial charge >= 0.3 is 5.97 Å². The highest BCUT2D eigenvalue weighted by molar-refractivity contribution is 8.02. The number of nitrogens with one attached hydrogen (secondary N) is 1. The largest absolute Gasteiger partial charge is 0.477 e. The number of carbonyl (C=O) groups is 3. The van der Waals surface area contributed by atoms with Crippen LogP contribution in [0.1, 0.15) is 30.1 Å². The number of nitrogen functional groups attached to an aromatic ring is 1. The van der Waals surface area contributed by atoms with Crippen LogP contribution in [0.15, 0.2) is 40.3 Å². The molecule has 3 unspecified atom stereocenters. The monoisotopic (exact) mass is 508 g/mol. The Kier molecular flexibility index (Phi) is 6.63. The molecule has 4 heterocycles. The number of hydrogen-bond donors (Lipinski definition) is 3. The molecule has 0 bridgehead atoms. The number of carboxylic acid groups (broad SMARTS) is 1. The highest BCUT2D eigenvalue weighted by Crippen LogP contribution is 2.42. The average Bonchev–Trinajstić information content (AvgIpc) is 3.13. The van der Waals surface area contributed by atoms with Gasteiger partial charge in [0, 0.05) is 23.1 Å². The van der Waals surface area contributed by atoms with Crippen molar-refractivity contribution < 1.29 is 19.5 Å². The summed E-state index contributed by atoms with van der Waals surface area (Å²) in [4.78, 5) is 58.3. The molecule has 0 aliphatic carbocycles. The van der Waals surface area contributed by atoms with Crippen LogP contribution in [0.5, 0.6) is 0 Å². The Balaban J connectivity index is 1.48. The molecule has 1 fully saturated rings. The van der Waals surface area contributed by atoms with Crippen LogP contribution in [0.4, 0.5) is 5.13 Å². The second-order valence-corrected chi connectivity index (χ2v) is 9.94. The molecule has 0 radical (unpaired) electrons. The van der Waals surface area contributed by atoms with Crippen molar-refractivity contribution >= 4 is 57.6 Å². The number of nitroso groups, excluding NO2 is 1. The fourth-order valence-electron chi connectivity index (χ4n) is 3.77. The van der Waals surface area contributed by atoms with Crippen LogP contribution < -0.4 is 11.1 Å². The smallest absolute Gasteiger partial charge is 0.353 e. The maximum Gasteiger partial charge on any atom is 0.353 e. The number of β-lactam (4-membered cyclic amide) rings is 1. The number of aliphatic carboxylic acids is 1. The van der Waals surface area contributed by atoms with Gasteiger partial charge in [-0.3, -0.25) is 19.5 Å². The minimum absolute atomic E-state index is 0.0541. The summed E-state index contributed by atoms with van der Waals surface area (Å²) < 4.78 is 0.0541. The number of rotatable bonds is 8. The minimum Gasteiger partial charge on any atom is -0.477 e. The highest BCUT2D eigenvalue weighted by atomic mass is 35.5. The molecule has 2 aromatic rings. The van der Waals surface area contributed by atoms with Crippen molar-refractivity contribution in [2.45, 2.75) is 36.7 Å². The molecule has 2 aliphatic heterocycles. The van der Waals surface area contributed by atoms with Crippen molar-refractivity contribution in [1.29, 1.82) is 0 Å². The van der Waals surface area contributed by atoms with Gasteiger partial charge in [0.25, 0.3) is 11.8 Å². The van der Waals surface area contributed by atoms with Crippen LogP contribution in [0.2, 0.25) is 4.34 Å². The van der Waals surface area contributed by atoms with Crippen LogP contribution >= 0.6 is 34.7 Å². The van der Waals surface area contributed by atoms with E-state index in [9.17, 15) is 24.4 Å². The number of fused-ring (bicyclic) bond motifs is 1. The maximum absolute atomic E-state index is 12.8. The number of aromatic nitrogens is 2. The van der Waals surface area contributed by atoms with Crippen LogP contribution in [0, 0.1) is 4.91 Å².